The fourth-order valence-electron chi connectivity index (χ4n) is 2.19. The van der Waals surface area contributed by atoms with Crippen LogP contribution in [0.25, 0.3) is 0 Å². The van der Waals surface area contributed by atoms with E-state index in [1.165, 1.54) is 11.1 Å². The van der Waals surface area contributed by atoms with Crippen molar-refractivity contribution in [2.45, 2.75) is 33.1 Å². The Morgan fingerprint density at radius 2 is 1.80 bits per heavy atom. The highest BCUT2D eigenvalue weighted by Crippen LogP contribution is 2.25. The Balaban J connectivity index is 2.14. The minimum Gasteiger partial charge on any atom is -0.325 e. The molecule has 0 saturated carbocycles. The Morgan fingerprint density at radius 1 is 1.15 bits per heavy atom. The van der Waals surface area contributed by atoms with Crippen molar-refractivity contribution in [3.8, 4) is 0 Å². The fourth-order valence-corrected chi connectivity index (χ4v) is 3.67. The van der Waals surface area contributed by atoms with Crippen LogP contribution in [0.15, 0.2) is 34.1 Å². The molecule has 106 valence electrons. The summed E-state index contributed by atoms with van der Waals surface area (Å²) in [5.74, 6) is 0.0509. The molecule has 1 aromatic carbocycles. The molecule has 0 saturated heterocycles. The topological polar surface area (TPSA) is 29.1 Å². The zero-order chi connectivity index (χ0) is 14.5. The largest absolute Gasteiger partial charge is 0.325 e. The molecule has 0 aliphatic carbocycles. The Hall–Kier alpha value is -1.13. The van der Waals surface area contributed by atoms with Crippen molar-refractivity contribution in [3.63, 3.8) is 0 Å². The fraction of sp³-hybridized carbons (Fsp3) is 0.312. The summed E-state index contributed by atoms with van der Waals surface area (Å²) in [4.78, 5) is 13.3. The van der Waals surface area contributed by atoms with Crippen molar-refractivity contribution in [3.05, 3.63) is 50.1 Å². The maximum absolute atomic E-state index is 12.2. The second kappa shape index (κ2) is 7.04. The summed E-state index contributed by atoms with van der Waals surface area (Å²) in [6.45, 7) is 4.22. The number of benzene rings is 1. The number of carbonyl (C=O) groups is 1. The van der Waals surface area contributed by atoms with E-state index in [9.17, 15) is 4.79 Å². The van der Waals surface area contributed by atoms with Gasteiger partial charge < -0.3 is 5.32 Å². The third-order valence-electron chi connectivity index (χ3n) is 3.23. The summed E-state index contributed by atoms with van der Waals surface area (Å²) in [5.41, 5.74) is 3.40. The van der Waals surface area contributed by atoms with Crippen molar-refractivity contribution in [1.82, 2.24) is 0 Å². The van der Waals surface area contributed by atoms with Gasteiger partial charge in [0, 0.05) is 10.6 Å². The summed E-state index contributed by atoms with van der Waals surface area (Å²) in [5, 5.41) is 3.09. The molecule has 0 atom stereocenters. The van der Waals surface area contributed by atoms with Gasteiger partial charge in [-0.05, 0) is 52.0 Å². The molecule has 0 aliphatic heterocycles. The highest BCUT2D eigenvalue weighted by atomic mass is 79.9. The SMILES string of the molecule is CCc1cccc(CC)c1NC(=O)Cc1ccc(Br)s1. The molecule has 2 rings (SSSR count). The third-order valence-corrected chi connectivity index (χ3v) is 4.85. The van der Waals surface area contributed by atoms with Crippen molar-refractivity contribution < 1.29 is 4.79 Å². The highest BCUT2D eigenvalue weighted by Gasteiger charge is 2.11. The standard InChI is InChI=1S/C16H18BrNOS/c1-3-11-6-5-7-12(4-2)16(11)18-15(19)10-13-8-9-14(17)20-13/h5-9H,3-4,10H2,1-2H3,(H,18,19). The lowest BCUT2D eigenvalue weighted by Crippen LogP contribution is -2.16. The number of aryl methyl sites for hydroxylation is 2. The van der Waals surface area contributed by atoms with E-state index in [0.29, 0.717) is 6.42 Å². The molecule has 0 spiro atoms. The summed E-state index contributed by atoms with van der Waals surface area (Å²) in [6.07, 6.45) is 2.28. The minimum atomic E-state index is 0.0509. The first-order valence-electron chi connectivity index (χ1n) is 6.78. The summed E-state index contributed by atoms with van der Waals surface area (Å²) in [6, 6.07) is 10.2. The van der Waals surface area contributed by atoms with Crippen LogP contribution in [-0.2, 0) is 24.1 Å². The molecule has 0 fully saturated rings. The molecule has 1 aromatic heterocycles. The number of carbonyl (C=O) groups excluding carboxylic acids is 1. The number of para-hydroxylation sites is 1. The van der Waals surface area contributed by atoms with E-state index in [1.54, 1.807) is 11.3 Å². The second-order valence-electron chi connectivity index (χ2n) is 4.59. The minimum absolute atomic E-state index is 0.0509. The molecule has 0 unspecified atom stereocenters. The van der Waals surface area contributed by atoms with Crippen LogP contribution in [-0.4, -0.2) is 5.91 Å². The van der Waals surface area contributed by atoms with Crippen molar-refractivity contribution in [2.75, 3.05) is 5.32 Å². The molecule has 2 aromatic rings. The average molecular weight is 352 g/mol. The normalized spacial score (nSPS) is 10.6. The van der Waals surface area contributed by atoms with Crippen LogP contribution in [0.5, 0.6) is 0 Å². The Kier molecular flexibility index (Phi) is 5.38. The van der Waals surface area contributed by atoms with Gasteiger partial charge in [0.1, 0.15) is 0 Å². The Bertz CT molecular complexity index is 584. The van der Waals surface area contributed by atoms with Gasteiger partial charge in [-0.3, -0.25) is 4.79 Å². The maximum atomic E-state index is 12.2. The summed E-state index contributed by atoms with van der Waals surface area (Å²) >= 11 is 5.02. The first kappa shape index (κ1) is 15.3. The molecule has 0 aliphatic rings. The predicted molar refractivity (Wildman–Crippen MR) is 89.6 cm³/mol. The van der Waals surface area contributed by atoms with E-state index in [0.717, 1.165) is 27.2 Å². The van der Waals surface area contributed by atoms with E-state index < -0.39 is 0 Å². The van der Waals surface area contributed by atoms with Gasteiger partial charge in [-0.1, -0.05) is 32.0 Å². The molecule has 1 heterocycles. The quantitative estimate of drug-likeness (QED) is 0.822. The maximum Gasteiger partial charge on any atom is 0.229 e. The predicted octanol–water partition coefficient (Wildman–Crippen LogP) is 4.82. The van der Waals surface area contributed by atoms with Gasteiger partial charge in [0.2, 0.25) is 5.91 Å². The van der Waals surface area contributed by atoms with Crippen molar-refractivity contribution in [1.29, 1.82) is 0 Å². The van der Waals surface area contributed by atoms with E-state index in [4.69, 9.17) is 0 Å². The van der Waals surface area contributed by atoms with Crippen LogP contribution >= 0.6 is 27.3 Å². The van der Waals surface area contributed by atoms with Gasteiger partial charge in [0.05, 0.1) is 10.2 Å². The molecule has 0 bridgehead atoms. The first-order valence-corrected chi connectivity index (χ1v) is 8.39. The van der Waals surface area contributed by atoms with Crippen LogP contribution in [0.2, 0.25) is 0 Å². The zero-order valence-corrected chi connectivity index (χ0v) is 14.1. The number of hydrogen-bond donors (Lipinski definition) is 1. The van der Waals surface area contributed by atoms with Gasteiger partial charge in [-0.15, -0.1) is 11.3 Å². The smallest absolute Gasteiger partial charge is 0.229 e. The number of anilines is 1. The van der Waals surface area contributed by atoms with E-state index in [2.05, 4.69) is 53.3 Å². The average Bonchev–Trinajstić information content (AvgIpc) is 2.84. The van der Waals surface area contributed by atoms with Crippen LogP contribution in [0.4, 0.5) is 5.69 Å². The number of halogens is 1. The number of hydrogen-bond acceptors (Lipinski definition) is 2. The van der Waals surface area contributed by atoms with Crippen LogP contribution in [0.1, 0.15) is 29.9 Å². The highest BCUT2D eigenvalue weighted by molar-refractivity contribution is 9.11. The Labute approximate surface area is 132 Å². The monoisotopic (exact) mass is 351 g/mol. The first-order chi connectivity index (χ1) is 9.63. The lowest BCUT2D eigenvalue weighted by molar-refractivity contribution is -0.115. The van der Waals surface area contributed by atoms with Crippen LogP contribution in [0.3, 0.4) is 0 Å². The van der Waals surface area contributed by atoms with Crippen LogP contribution in [0, 0.1) is 0 Å². The van der Waals surface area contributed by atoms with E-state index >= 15 is 0 Å². The van der Waals surface area contributed by atoms with Gasteiger partial charge in [0.15, 0.2) is 0 Å². The molecule has 1 N–H and O–H groups in total. The van der Waals surface area contributed by atoms with Gasteiger partial charge in [0.25, 0.3) is 0 Å². The third kappa shape index (κ3) is 3.70. The van der Waals surface area contributed by atoms with E-state index in [1.807, 2.05) is 12.1 Å². The number of thiophene rings is 1. The van der Waals surface area contributed by atoms with Crippen molar-refractivity contribution >= 4 is 38.9 Å². The lowest BCUT2D eigenvalue weighted by atomic mass is 10.0. The van der Waals surface area contributed by atoms with Gasteiger partial charge >= 0.3 is 0 Å². The zero-order valence-electron chi connectivity index (χ0n) is 11.7. The number of rotatable bonds is 5. The summed E-state index contributed by atoms with van der Waals surface area (Å²) in [7, 11) is 0. The lowest BCUT2D eigenvalue weighted by Gasteiger charge is -2.14. The van der Waals surface area contributed by atoms with Crippen LogP contribution < -0.4 is 5.32 Å². The van der Waals surface area contributed by atoms with Gasteiger partial charge in [-0.25, -0.2) is 0 Å². The number of amides is 1. The molecule has 1 amide bonds. The molecule has 4 heteroatoms. The van der Waals surface area contributed by atoms with Gasteiger partial charge in [-0.2, -0.15) is 0 Å². The molecule has 2 nitrogen and oxygen atoms in total. The number of nitrogens with one attached hydrogen (secondary N) is 1. The van der Waals surface area contributed by atoms with Crippen molar-refractivity contribution in [2.24, 2.45) is 0 Å². The summed E-state index contributed by atoms with van der Waals surface area (Å²) < 4.78 is 1.06. The molecule has 0 radical (unpaired) electrons. The molecule has 20 heavy (non-hydrogen) atoms. The Morgan fingerprint density at radius 3 is 2.30 bits per heavy atom. The molecular formula is C16H18BrNOS. The molecular weight excluding hydrogens is 334 g/mol. The second-order valence-corrected chi connectivity index (χ2v) is 7.14. The van der Waals surface area contributed by atoms with E-state index in [-0.39, 0.29) is 5.91 Å².